The molecule has 3 heterocycles. The van der Waals surface area contributed by atoms with E-state index >= 15 is 0 Å². The number of aromatic nitrogens is 1. The van der Waals surface area contributed by atoms with E-state index in [4.69, 9.17) is 9.57 Å². The van der Waals surface area contributed by atoms with E-state index in [-0.39, 0.29) is 5.75 Å². The Hall–Kier alpha value is -3.04. The lowest BCUT2D eigenvalue weighted by atomic mass is 10.1. The molecule has 1 aliphatic heterocycles. The molecule has 28 heavy (non-hydrogen) atoms. The van der Waals surface area contributed by atoms with Gasteiger partial charge < -0.3 is 9.47 Å². The van der Waals surface area contributed by atoms with Crippen LogP contribution in [0.1, 0.15) is 11.7 Å². The molecule has 0 radical (unpaired) electrons. The van der Waals surface area contributed by atoms with E-state index < -0.39 is 12.5 Å². The van der Waals surface area contributed by atoms with Crippen LogP contribution in [0.5, 0.6) is 11.5 Å². The van der Waals surface area contributed by atoms with Crippen molar-refractivity contribution in [3.05, 3.63) is 77.6 Å². The van der Waals surface area contributed by atoms with Gasteiger partial charge >= 0.3 is 6.36 Å². The number of thiophene rings is 1. The van der Waals surface area contributed by atoms with E-state index in [9.17, 15) is 13.2 Å². The van der Waals surface area contributed by atoms with Crippen molar-refractivity contribution >= 4 is 11.3 Å². The largest absolute Gasteiger partial charge is 0.573 e. The van der Waals surface area contributed by atoms with Crippen molar-refractivity contribution in [2.24, 2.45) is 0 Å². The normalized spacial score (nSPS) is 16.4. The van der Waals surface area contributed by atoms with Crippen LogP contribution in [0, 0.1) is 0 Å². The van der Waals surface area contributed by atoms with E-state index in [2.05, 4.69) is 15.2 Å². The molecule has 0 unspecified atom stereocenters. The summed E-state index contributed by atoms with van der Waals surface area (Å²) in [6.45, 7) is 0. The zero-order chi connectivity index (χ0) is 19.6. The second-order valence-electron chi connectivity index (χ2n) is 5.75. The first-order chi connectivity index (χ1) is 13.5. The summed E-state index contributed by atoms with van der Waals surface area (Å²) in [5, 5.41) is 1.98. The molecule has 5 nitrogen and oxygen atoms in total. The molecule has 0 saturated heterocycles. The molecule has 0 spiro atoms. The van der Waals surface area contributed by atoms with Gasteiger partial charge in [-0.15, -0.1) is 24.5 Å². The highest BCUT2D eigenvalue weighted by atomic mass is 32.1. The maximum Gasteiger partial charge on any atom is 0.573 e. The molecule has 0 fully saturated rings. The van der Waals surface area contributed by atoms with Gasteiger partial charge in [0.25, 0.3) is 0 Å². The minimum absolute atomic E-state index is 0.292. The molecule has 0 saturated carbocycles. The fourth-order valence-corrected chi connectivity index (χ4v) is 3.25. The molecule has 9 heteroatoms. The Morgan fingerprint density at radius 3 is 2.46 bits per heavy atom. The minimum Gasteiger partial charge on any atom is -0.438 e. The highest BCUT2D eigenvalue weighted by molar-refractivity contribution is 7.13. The average Bonchev–Trinajstić information content (AvgIpc) is 3.34. The van der Waals surface area contributed by atoms with Gasteiger partial charge in [0.15, 0.2) is 0 Å². The van der Waals surface area contributed by atoms with Crippen LogP contribution in [-0.4, -0.2) is 11.3 Å². The number of rotatable bonds is 5. The Morgan fingerprint density at radius 1 is 1.04 bits per heavy atom. The molecule has 1 aromatic carbocycles. The quantitative estimate of drug-likeness (QED) is 0.631. The summed E-state index contributed by atoms with van der Waals surface area (Å²) in [5.41, 5.74) is 4.15. The second-order valence-corrected chi connectivity index (χ2v) is 6.69. The highest BCUT2D eigenvalue weighted by Crippen LogP contribution is 2.29. The summed E-state index contributed by atoms with van der Waals surface area (Å²) < 4.78 is 46.2. The van der Waals surface area contributed by atoms with Crippen LogP contribution in [0.3, 0.4) is 0 Å². The molecule has 0 amide bonds. The predicted octanol–water partition coefficient (Wildman–Crippen LogP) is 5.21. The Balaban J connectivity index is 1.40. The minimum atomic E-state index is -4.72. The van der Waals surface area contributed by atoms with Crippen molar-refractivity contribution in [1.82, 2.24) is 10.5 Å². The van der Waals surface area contributed by atoms with Crippen molar-refractivity contribution < 1.29 is 27.5 Å². The molecule has 1 N–H and O–H groups in total. The van der Waals surface area contributed by atoms with Gasteiger partial charge in [0.2, 0.25) is 5.88 Å². The third kappa shape index (κ3) is 4.44. The number of nitrogens with zero attached hydrogens (tertiary/aromatic N) is 1. The van der Waals surface area contributed by atoms with Gasteiger partial charge in [-0.1, -0.05) is 18.2 Å². The lowest BCUT2D eigenvalue weighted by Crippen LogP contribution is -2.17. The fourth-order valence-electron chi connectivity index (χ4n) is 2.54. The number of halogens is 3. The van der Waals surface area contributed by atoms with Crippen molar-refractivity contribution in [1.29, 1.82) is 0 Å². The van der Waals surface area contributed by atoms with Crippen LogP contribution >= 0.6 is 11.3 Å². The van der Waals surface area contributed by atoms with Crippen LogP contribution in [-0.2, 0) is 4.84 Å². The molecule has 1 aliphatic rings. The van der Waals surface area contributed by atoms with Gasteiger partial charge in [-0.05, 0) is 41.3 Å². The lowest BCUT2D eigenvalue weighted by Gasteiger charge is -2.11. The van der Waals surface area contributed by atoms with Crippen molar-refractivity contribution in [2.45, 2.75) is 12.5 Å². The average molecular weight is 406 g/mol. The second kappa shape index (κ2) is 7.53. The summed E-state index contributed by atoms with van der Waals surface area (Å²) in [6, 6.07) is 13.0. The van der Waals surface area contributed by atoms with E-state index in [0.717, 1.165) is 10.6 Å². The Kier molecular flexibility index (Phi) is 4.93. The summed E-state index contributed by atoms with van der Waals surface area (Å²) >= 11 is 1.60. The van der Waals surface area contributed by atoms with E-state index in [1.54, 1.807) is 29.7 Å². The van der Waals surface area contributed by atoms with Crippen molar-refractivity contribution in [3.8, 4) is 22.1 Å². The SMILES string of the molecule is FC(F)(F)Oc1ccc([C@@H]2C=C(Oc3ccc(-c4cccs4)nc3)NO2)cc1. The third-order valence-corrected chi connectivity index (χ3v) is 4.66. The first-order valence-corrected chi connectivity index (χ1v) is 9.01. The van der Waals surface area contributed by atoms with Crippen LogP contribution in [0.4, 0.5) is 13.2 Å². The molecule has 0 aliphatic carbocycles. The van der Waals surface area contributed by atoms with Crippen LogP contribution in [0.15, 0.2) is 72.1 Å². The van der Waals surface area contributed by atoms with Crippen LogP contribution < -0.4 is 15.0 Å². The van der Waals surface area contributed by atoms with E-state index in [1.807, 2.05) is 23.6 Å². The number of benzene rings is 1. The first kappa shape index (κ1) is 18.3. The van der Waals surface area contributed by atoms with Crippen LogP contribution in [0.2, 0.25) is 0 Å². The molecule has 3 aromatic rings. The summed E-state index contributed by atoms with van der Waals surface area (Å²) in [4.78, 5) is 10.8. The van der Waals surface area contributed by atoms with Crippen molar-refractivity contribution in [3.63, 3.8) is 0 Å². The Morgan fingerprint density at radius 2 is 1.82 bits per heavy atom. The number of hydrogen-bond acceptors (Lipinski definition) is 6. The Bertz CT molecular complexity index is 956. The number of hydrogen-bond donors (Lipinski definition) is 1. The predicted molar refractivity (Wildman–Crippen MR) is 96.3 cm³/mol. The summed E-state index contributed by atoms with van der Waals surface area (Å²) in [6.07, 6.45) is -1.95. The molecule has 1 atom stereocenters. The van der Waals surface area contributed by atoms with Gasteiger partial charge in [0.1, 0.15) is 17.6 Å². The monoisotopic (exact) mass is 406 g/mol. The molecular formula is C19H13F3N2O3S. The maximum absolute atomic E-state index is 12.2. The van der Waals surface area contributed by atoms with Gasteiger partial charge in [-0.2, -0.15) is 0 Å². The summed E-state index contributed by atoms with van der Waals surface area (Å²) in [5.74, 6) is 0.600. The smallest absolute Gasteiger partial charge is 0.438 e. The maximum atomic E-state index is 12.2. The number of pyridine rings is 1. The number of hydroxylamine groups is 1. The van der Waals surface area contributed by atoms with Crippen LogP contribution in [0.25, 0.3) is 10.6 Å². The van der Waals surface area contributed by atoms with E-state index in [1.165, 1.54) is 24.3 Å². The molecular weight excluding hydrogens is 393 g/mol. The lowest BCUT2D eigenvalue weighted by molar-refractivity contribution is -0.274. The third-order valence-electron chi connectivity index (χ3n) is 3.77. The van der Waals surface area contributed by atoms with Gasteiger partial charge in [-0.25, -0.2) is 5.48 Å². The standard InChI is InChI=1S/C19H13F3N2O3S/c20-19(21,22)26-13-5-3-12(4-6-13)16-10-18(24-27-16)25-14-7-8-15(23-11-14)17-2-1-9-28-17/h1-11,16,24H/t16-/m0/s1. The topological polar surface area (TPSA) is 52.6 Å². The number of alkyl halides is 3. The number of nitrogens with one attached hydrogen (secondary N) is 1. The zero-order valence-corrected chi connectivity index (χ0v) is 15.0. The molecule has 2 aromatic heterocycles. The Labute approximate surface area is 162 Å². The van der Waals surface area contributed by atoms with Crippen molar-refractivity contribution in [2.75, 3.05) is 0 Å². The summed E-state index contributed by atoms with van der Waals surface area (Å²) in [7, 11) is 0. The molecule has 144 valence electrons. The zero-order valence-electron chi connectivity index (χ0n) is 14.1. The first-order valence-electron chi connectivity index (χ1n) is 8.13. The highest BCUT2D eigenvalue weighted by Gasteiger charge is 2.31. The van der Waals surface area contributed by atoms with E-state index in [0.29, 0.717) is 17.2 Å². The van der Waals surface area contributed by atoms with Gasteiger partial charge in [-0.3, -0.25) is 9.82 Å². The van der Waals surface area contributed by atoms with Gasteiger partial charge in [0, 0.05) is 6.08 Å². The fraction of sp³-hybridized carbons (Fsp3) is 0.105. The van der Waals surface area contributed by atoms with Gasteiger partial charge in [0.05, 0.1) is 16.8 Å². The molecule has 4 rings (SSSR count). The number of ether oxygens (including phenoxy) is 2. The molecule has 0 bridgehead atoms.